The fourth-order valence-corrected chi connectivity index (χ4v) is 2.72. The number of hydrogen-bond donors (Lipinski definition) is 1. The molecule has 1 unspecified atom stereocenters. The molecule has 0 saturated carbocycles. The zero-order valence-corrected chi connectivity index (χ0v) is 13.2. The van der Waals surface area contributed by atoms with E-state index in [1.165, 1.54) is 25.9 Å². The first kappa shape index (κ1) is 16.5. The minimum atomic E-state index is -0.158. The zero-order valence-electron chi connectivity index (χ0n) is 13.2. The Bertz CT molecular complexity index is 291. The minimum absolute atomic E-state index is 0.158. The van der Waals surface area contributed by atoms with Crippen LogP contribution >= 0.6 is 0 Å². The fourth-order valence-electron chi connectivity index (χ4n) is 2.72. The van der Waals surface area contributed by atoms with Gasteiger partial charge in [0.2, 0.25) is 0 Å². The standard InChI is InChI=1S/C16H31N3/c1-14(2)18-11-15-7-5-9-19(12-15)10-6-8-16(3,4)13-17/h14-15,18H,5-12H2,1-4H3. The number of likely N-dealkylation sites (tertiary alicyclic amines) is 1. The number of rotatable bonds is 7. The molecule has 0 aromatic rings. The Morgan fingerprint density at radius 3 is 2.79 bits per heavy atom. The molecule has 3 nitrogen and oxygen atoms in total. The van der Waals surface area contributed by atoms with Gasteiger partial charge in [0.1, 0.15) is 0 Å². The predicted molar refractivity (Wildman–Crippen MR) is 80.9 cm³/mol. The average molecular weight is 265 g/mol. The first-order valence-electron chi connectivity index (χ1n) is 7.80. The lowest BCUT2D eigenvalue weighted by atomic mass is 9.89. The highest BCUT2D eigenvalue weighted by Gasteiger charge is 2.21. The Labute approximate surface area is 119 Å². The Kier molecular flexibility index (Phi) is 6.82. The normalized spacial score (nSPS) is 21.6. The second kappa shape index (κ2) is 7.87. The van der Waals surface area contributed by atoms with Crippen molar-refractivity contribution >= 4 is 0 Å². The van der Waals surface area contributed by atoms with Crippen molar-refractivity contribution in [1.29, 1.82) is 5.26 Å². The third kappa shape index (κ3) is 6.94. The molecule has 1 saturated heterocycles. The third-order valence-corrected chi connectivity index (χ3v) is 4.00. The highest BCUT2D eigenvalue weighted by Crippen LogP contribution is 2.22. The summed E-state index contributed by atoms with van der Waals surface area (Å²) in [6.07, 6.45) is 4.84. The summed E-state index contributed by atoms with van der Waals surface area (Å²) < 4.78 is 0. The molecule has 1 atom stereocenters. The van der Waals surface area contributed by atoms with Crippen molar-refractivity contribution in [1.82, 2.24) is 10.2 Å². The molecule has 1 N–H and O–H groups in total. The molecular weight excluding hydrogens is 234 g/mol. The lowest BCUT2D eigenvalue weighted by Gasteiger charge is -2.33. The van der Waals surface area contributed by atoms with Gasteiger partial charge in [0.15, 0.2) is 0 Å². The van der Waals surface area contributed by atoms with E-state index in [0.717, 1.165) is 31.8 Å². The zero-order chi connectivity index (χ0) is 14.3. The first-order valence-corrected chi connectivity index (χ1v) is 7.80. The summed E-state index contributed by atoms with van der Waals surface area (Å²) in [5.41, 5.74) is -0.158. The van der Waals surface area contributed by atoms with E-state index in [9.17, 15) is 0 Å². The molecule has 3 heteroatoms. The van der Waals surface area contributed by atoms with Crippen molar-refractivity contribution in [3.63, 3.8) is 0 Å². The largest absolute Gasteiger partial charge is 0.314 e. The van der Waals surface area contributed by atoms with Crippen molar-refractivity contribution in [3.05, 3.63) is 0 Å². The van der Waals surface area contributed by atoms with Gasteiger partial charge < -0.3 is 10.2 Å². The average Bonchev–Trinajstić information content (AvgIpc) is 2.37. The molecule has 0 bridgehead atoms. The summed E-state index contributed by atoms with van der Waals surface area (Å²) in [6, 6.07) is 2.98. The smallest absolute Gasteiger partial charge is 0.0683 e. The van der Waals surface area contributed by atoms with Crippen molar-refractivity contribution in [2.24, 2.45) is 11.3 Å². The first-order chi connectivity index (χ1) is 8.93. The van der Waals surface area contributed by atoms with Gasteiger partial charge in [-0.05, 0) is 65.1 Å². The summed E-state index contributed by atoms with van der Waals surface area (Å²) in [7, 11) is 0. The van der Waals surface area contributed by atoms with E-state index in [1.807, 2.05) is 13.8 Å². The summed E-state index contributed by atoms with van der Waals surface area (Å²) >= 11 is 0. The summed E-state index contributed by atoms with van der Waals surface area (Å²) in [5.74, 6) is 0.806. The van der Waals surface area contributed by atoms with E-state index in [4.69, 9.17) is 5.26 Å². The maximum atomic E-state index is 9.02. The van der Waals surface area contributed by atoms with E-state index in [-0.39, 0.29) is 5.41 Å². The molecule has 0 aliphatic carbocycles. The minimum Gasteiger partial charge on any atom is -0.314 e. The van der Waals surface area contributed by atoms with Crippen LogP contribution in [0, 0.1) is 22.7 Å². The third-order valence-electron chi connectivity index (χ3n) is 4.00. The maximum Gasteiger partial charge on any atom is 0.0683 e. The molecule has 1 aliphatic rings. The van der Waals surface area contributed by atoms with Crippen LogP contribution in [0.3, 0.4) is 0 Å². The Morgan fingerprint density at radius 2 is 2.16 bits per heavy atom. The molecule has 1 aliphatic heterocycles. The molecule has 1 fully saturated rings. The summed E-state index contributed by atoms with van der Waals surface area (Å²) in [5, 5.41) is 12.6. The highest BCUT2D eigenvalue weighted by molar-refractivity contribution is 4.91. The second-order valence-corrected chi connectivity index (χ2v) is 6.97. The van der Waals surface area contributed by atoms with Crippen molar-refractivity contribution < 1.29 is 0 Å². The van der Waals surface area contributed by atoms with Gasteiger partial charge in [-0.25, -0.2) is 0 Å². The molecular formula is C16H31N3. The van der Waals surface area contributed by atoms with Gasteiger partial charge in [-0.2, -0.15) is 5.26 Å². The lowest BCUT2D eigenvalue weighted by molar-refractivity contribution is 0.164. The second-order valence-electron chi connectivity index (χ2n) is 6.97. The van der Waals surface area contributed by atoms with Crippen LogP contribution in [0.1, 0.15) is 53.4 Å². The topological polar surface area (TPSA) is 39.1 Å². The van der Waals surface area contributed by atoms with Crippen LogP contribution < -0.4 is 5.32 Å². The molecule has 19 heavy (non-hydrogen) atoms. The van der Waals surface area contributed by atoms with Crippen LogP contribution in [0.4, 0.5) is 0 Å². The van der Waals surface area contributed by atoms with Gasteiger partial charge in [-0.1, -0.05) is 13.8 Å². The number of hydrogen-bond acceptors (Lipinski definition) is 3. The van der Waals surface area contributed by atoms with Crippen molar-refractivity contribution in [2.45, 2.75) is 59.4 Å². The molecule has 0 amide bonds. The molecule has 1 rings (SSSR count). The highest BCUT2D eigenvalue weighted by atomic mass is 15.1. The van der Waals surface area contributed by atoms with Gasteiger partial charge >= 0.3 is 0 Å². The van der Waals surface area contributed by atoms with E-state index < -0.39 is 0 Å². The molecule has 0 radical (unpaired) electrons. The van der Waals surface area contributed by atoms with Crippen LogP contribution in [0.15, 0.2) is 0 Å². The molecule has 0 aromatic carbocycles. The fraction of sp³-hybridized carbons (Fsp3) is 0.938. The van der Waals surface area contributed by atoms with E-state index in [1.54, 1.807) is 0 Å². The monoisotopic (exact) mass is 265 g/mol. The maximum absolute atomic E-state index is 9.02. The van der Waals surface area contributed by atoms with E-state index >= 15 is 0 Å². The van der Waals surface area contributed by atoms with Gasteiger partial charge in [-0.3, -0.25) is 0 Å². The molecule has 1 heterocycles. The van der Waals surface area contributed by atoms with Crippen LogP contribution in [0.25, 0.3) is 0 Å². The number of nitriles is 1. The van der Waals surface area contributed by atoms with E-state index in [2.05, 4.69) is 30.1 Å². The SMILES string of the molecule is CC(C)NCC1CCCN(CCCC(C)(C)C#N)C1. The van der Waals surface area contributed by atoms with E-state index in [0.29, 0.717) is 6.04 Å². The van der Waals surface area contributed by atoms with Gasteiger partial charge in [-0.15, -0.1) is 0 Å². The quantitative estimate of drug-likeness (QED) is 0.769. The molecule has 0 aromatic heterocycles. The number of nitrogens with one attached hydrogen (secondary N) is 1. The van der Waals surface area contributed by atoms with Crippen molar-refractivity contribution in [3.8, 4) is 6.07 Å². The number of piperidine rings is 1. The Hall–Kier alpha value is -0.590. The lowest BCUT2D eigenvalue weighted by Crippen LogP contribution is -2.41. The summed E-state index contributed by atoms with van der Waals surface area (Å²) in [6.45, 7) is 13.3. The summed E-state index contributed by atoms with van der Waals surface area (Å²) in [4.78, 5) is 2.59. The van der Waals surface area contributed by atoms with Crippen LogP contribution in [-0.2, 0) is 0 Å². The van der Waals surface area contributed by atoms with Crippen LogP contribution in [0.5, 0.6) is 0 Å². The van der Waals surface area contributed by atoms with Crippen LogP contribution in [0.2, 0.25) is 0 Å². The molecule has 0 spiro atoms. The van der Waals surface area contributed by atoms with Gasteiger partial charge in [0.05, 0.1) is 11.5 Å². The molecule has 110 valence electrons. The van der Waals surface area contributed by atoms with Crippen LogP contribution in [-0.4, -0.2) is 37.1 Å². The predicted octanol–water partition coefficient (Wildman–Crippen LogP) is 3.03. The Morgan fingerprint density at radius 1 is 1.42 bits per heavy atom. The van der Waals surface area contributed by atoms with Crippen molar-refractivity contribution in [2.75, 3.05) is 26.2 Å². The van der Waals surface area contributed by atoms with Gasteiger partial charge in [0.25, 0.3) is 0 Å². The number of nitrogens with zero attached hydrogens (tertiary/aromatic N) is 2. The Balaban J connectivity index is 2.22. The van der Waals surface area contributed by atoms with Gasteiger partial charge in [0, 0.05) is 12.6 Å².